The van der Waals surface area contributed by atoms with E-state index in [-0.39, 0.29) is 12.4 Å². The third-order valence-corrected chi connectivity index (χ3v) is 2.20. The molecule has 0 atom stereocenters. The molecule has 0 amide bonds. The van der Waals surface area contributed by atoms with E-state index in [1.165, 1.54) is 0 Å². The molecule has 0 aliphatic rings. The molecule has 1 heterocycles. The summed E-state index contributed by atoms with van der Waals surface area (Å²) in [6.45, 7) is 1.99. The van der Waals surface area contributed by atoms with Crippen molar-refractivity contribution < 1.29 is 9.53 Å². The highest BCUT2D eigenvalue weighted by Crippen LogP contribution is 2.16. The van der Waals surface area contributed by atoms with Crippen LogP contribution in [0.5, 0.6) is 0 Å². The predicted octanol–water partition coefficient (Wildman–Crippen LogP) is 1.52. The van der Waals surface area contributed by atoms with Crippen LogP contribution in [0.15, 0.2) is 24.3 Å². The normalized spacial score (nSPS) is 9.78. The second kappa shape index (κ2) is 5.10. The van der Waals surface area contributed by atoms with Gasteiger partial charge in [0.2, 0.25) is 5.82 Å². The lowest BCUT2D eigenvalue weighted by Crippen LogP contribution is -2.06. The third-order valence-electron chi connectivity index (χ3n) is 2.20. The molecule has 0 saturated carbocycles. The van der Waals surface area contributed by atoms with Gasteiger partial charge < -0.3 is 4.74 Å². The van der Waals surface area contributed by atoms with Gasteiger partial charge in [0.1, 0.15) is 0 Å². The molecule has 1 aromatic carbocycles. The number of nitriles is 1. The average Bonchev–Trinajstić information content (AvgIpc) is 2.89. The number of nitrogens with zero attached hydrogens (tertiary/aromatic N) is 3. The van der Waals surface area contributed by atoms with Gasteiger partial charge in [-0.25, -0.2) is 9.78 Å². The molecule has 1 N–H and O–H groups in total. The van der Waals surface area contributed by atoms with Gasteiger partial charge in [-0.1, -0.05) is 12.1 Å². The molecule has 0 bridgehead atoms. The third kappa shape index (κ3) is 2.35. The van der Waals surface area contributed by atoms with Crippen molar-refractivity contribution in [1.82, 2.24) is 15.2 Å². The van der Waals surface area contributed by atoms with Crippen molar-refractivity contribution in [3.63, 3.8) is 0 Å². The Morgan fingerprint density at radius 1 is 1.56 bits per heavy atom. The summed E-state index contributed by atoms with van der Waals surface area (Å²) < 4.78 is 4.80. The summed E-state index contributed by atoms with van der Waals surface area (Å²) in [5, 5.41) is 15.2. The Morgan fingerprint density at radius 3 is 3.11 bits per heavy atom. The number of hydrogen-bond donors (Lipinski definition) is 1. The number of hydrogen-bond acceptors (Lipinski definition) is 5. The molecule has 0 fully saturated rings. The van der Waals surface area contributed by atoms with Crippen LogP contribution in [0.4, 0.5) is 0 Å². The largest absolute Gasteiger partial charge is 0.460 e. The van der Waals surface area contributed by atoms with Crippen molar-refractivity contribution in [1.29, 1.82) is 5.26 Å². The fourth-order valence-corrected chi connectivity index (χ4v) is 1.41. The molecule has 18 heavy (non-hydrogen) atoms. The molecule has 6 nitrogen and oxygen atoms in total. The number of H-pyrrole nitrogens is 1. The van der Waals surface area contributed by atoms with Gasteiger partial charge >= 0.3 is 5.97 Å². The molecule has 0 radical (unpaired) electrons. The molecule has 90 valence electrons. The summed E-state index contributed by atoms with van der Waals surface area (Å²) in [6, 6.07) is 8.86. The summed E-state index contributed by atoms with van der Waals surface area (Å²) in [7, 11) is 0. The van der Waals surface area contributed by atoms with Crippen molar-refractivity contribution in [2.75, 3.05) is 6.61 Å². The Bertz CT molecular complexity index is 613. The van der Waals surface area contributed by atoms with Crippen LogP contribution in [0, 0.1) is 11.3 Å². The average molecular weight is 242 g/mol. The fourth-order valence-electron chi connectivity index (χ4n) is 1.41. The highest BCUT2D eigenvalue weighted by atomic mass is 16.5. The monoisotopic (exact) mass is 242 g/mol. The SMILES string of the molecule is CCOC(=O)c1nc(-c2cccc(C#N)c2)n[nH]1. The number of nitrogens with one attached hydrogen (secondary N) is 1. The molecular weight excluding hydrogens is 232 g/mol. The lowest BCUT2D eigenvalue weighted by atomic mass is 10.1. The molecular formula is C12H10N4O2. The second-order valence-corrected chi connectivity index (χ2v) is 3.42. The minimum Gasteiger partial charge on any atom is -0.460 e. The first-order chi connectivity index (χ1) is 8.74. The van der Waals surface area contributed by atoms with Gasteiger partial charge in [0, 0.05) is 5.56 Å². The molecule has 0 spiro atoms. The van der Waals surface area contributed by atoms with Crippen LogP contribution in [0.2, 0.25) is 0 Å². The maximum Gasteiger partial charge on any atom is 0.375 e. The predicted molar refractivity (Wildman–Crippen MR) is 62.5 cm³/mol. The van der Waals surface area contributed by atoms with Gasteiger partial charge in [-0.3, -0.25) is 5.10 Å². The highest BCUT2D eigenvalue weighted by Gasteiger charge is 2.13. The quantitative estimate of drug-likeness (QED) is 0.824. The number of aromatic amines is 1. The van der Waals surface area contributed by atoms with E-state index in [1.807, 2.05) is 6.07 Å². The summed E-state index contributed by atoms with van der Waals surface area (Å²) in [5.41, 5.74) is 1.18. The maximum absolute atomic E-state index is 11.4. The standard InChI is InChI=1S/C12H10N4O2/c1-2-18-12(17)11-14-10(15-16-11)9-5-3-4-8(6-9)7-13/h3-6H,2H2,1H3,(H,14,15,16). The first kappa shape index (κ1) is 11.8. The highest BCUT2D eigenvalue weighted by molar-refractivity contribution is 5.85. The number of aromatic nitrogens is 3. The maximum atomic E-state index is 11.4. The number of rotatable bonds is 3. The van der Waals surface area contributed by atoms with Crippen LogP contribution in [0.25, 0.3) is 11.4 Å². The van der Waals surface area contributed by atoms with Crippen molar-refractivity contribution in [3.8, 4) is 17.5 Å². The van der Waals surface area contributed by atoms with E-state index in [0.29, 0.717) is 17.0 Å². The first-order valence-electron chi connectivity index (χ1n) is 5.34. The first-order valence-corrected chi connectivity index (χ1v) is 5.34. The zero-order valence-electron chi connectivity index (χ0n) is 9.67. The topological polar surface area (TPSA) is 91.7 Å². The Labute approximate surface area is 103 Å². The lowest BCUT2D eigenvalue weighted by Gasteiger charge is -1.96. The number of ether oxygens (including phenoxy) is 1. The summed E-state index contributed by atoms with van der Waals surface area (Å²) >= 11 is 0. The van der Waals surface area contributed by atoms with E-state index in [4.69, 9.17) is 10.00 Å². The molecule has 2 rings (SSSR count). The smallest absolute Gasteiger partial charge is 0.375 e. The van der Waals surface area contributed by atoms with E-state index in [2.05, 4.69) is 15.2 Å². The van der Waals surface area contributed by atoms with Crippen LogP contribution in [-0.4, -0.2) is 27.8 Å². The van der Waals surface area contributed by atoms with Crippen LogP contribution in [-0.2, 0) is 4.74 Å². The van der Waals surface area contributed by atoms with Crippen molar-refractivity contribution in [2.24, 2.45) is 0 Å². The molecule has 0 unspecified atom stereocenters. The van der Waals surface area contributed by atoms with Gasteiger partial charge in [-0.2, -0.15) is 10.4 Å². The van der Waals surface area contributed by atoms with Gasteiger partial charge in [0.25, 0.3) is 0 Å². The van der Waals surface area contributed by atoms with Crippen LogP contribution < -0.4 is 0 Å². The van der Waals surface area contributed by atoms with Crippen LogP contribution in [0.3, 0.4) is 0 Å². The Morgan fingerprint density at radius 2 is 2.39 bits per heavy atom. The van der Waals surface area contributed by atoms with Crippen molar-refractivity contribution >= 4 is 5.97 Å². The summed E-state index contributed by atoms with van der Waals surface area (Å²) in [5.74, 6) is -0.142. The summed E-state index contributed by atoms with van der Waals surface area (Å²) in [6.07, 6.45) is 0. The van der Waals surface area contributed by atoms with Crippen LogP contribution >= 0.6 is 0 Å². The van der Waals surface area contributed by atoms with Gasteiger partial charge in [0.15, 0.2) is 5.82 Å². The lowest BCUT2D eigenvalue weighted by molar-refractivity contribution is 0.0512. The second-order valence-electron chi connectivity index (χ2n) is 3.42. The van der Waals surface area contributed by atoms with E-state index in [1.54, 1.807) is 31.2 Å². The molecule has 0 aliphatic heterocycles. The molecule has 0 aliphatic carbocycles. The number of esters is 1. The van der Waals surface area contributed by atoms with Crippen LogP contribution in [0.1, 0.15) is 23.1 Å². The van der Waals surface area contributed by atoms with Crippen molar-refractivity contribution in [2.45, 2.75) is 6.92 Å². The molecule has 0 saturated heterocycles. The van der Waals surface area contributed by atoms with E-state index >= 15 is 0 Å². The number of carbonyl (C=O) groups excluding carboxylic acids is 1. The minimum atomic E-state index is -0.548. The van der Waals surface area contributed by atoms with Gasteiger partial charge in [-0.05, 0) is 19.1 Å². The zero-order valence-corrected chi connectivity index (χ0v) is 9.67. The molecule has 6 heteroatoms. The number of carbonyl (C=O) groups is 1. The zero-order chi connectivity index (χ0) is 13.0. The van der Waals surface area contributed by atoms with E-state index in [9.17, 15) is 4.79 Å². The Kier molecular flexibility index (Phi) is 3.34. The Balaban J connectivity index is 2.29. The fraction of sp³-hybridized carbons (Fsp3) is 0.167. The van der Waals surface area contributed by atoms with Crippen molar-refractivity contribution in [3.05, 3.63) is 35.7 Å². The molecule has 1 aromatic heterocycles. The van der Waals surface area contributed by atoms with Gasteiger partial charge in [0.05, 0.1) is 18.2 Å². The van der Waals surface area contributed by atoms with Gasteiger partial charge in [-0.15, -0.1) is 0 Å². The number of benzene rings is 1. The van der Waals surface area contributed by atoms with E-state index in [0.717, 1.165) is 0 Å². The summed E-state index contributed by atoms with van der Waals surface area (Å²) in [4.78, 5) is 15.4. The Hall–Kier alpha value is -2.68. The van der Waals surface area contributed by atoms with E-state index < -0.39 is 5.97 Å². The minimum absolute atomic E-state index is 0.0502. The molecule has 2 aromatic rings.